The molecule has 0 amide bonds. The molecule has 0 spiro atoms. The number of hydrogen-bond acceptors (Lipinski definition) is 6. The first kappa shape index (κ1) is 22.3. The molecule has 0 aliphatic heterocycles. The van der Waals surface area contributed by atoms with Gasteiger partial charge in [0.15, 0.2) is 0 Å². The van der Waals surface area contributed by atoms with Gasteiger partial charge in [-0.1, -0.05) is 17.7 Å². The number of benzene rings is 2. The van der Waals surface area contributed by atoms with Crippen LogP contribution in [0.4, 0.5) is 17.1 Å². The van der Waals surface area contributed by atoms with Gasteiger partial charge >= 0.3 is 0 Å². The summed E-state index contributed by atoms with van der Waals surface area (Å²) in [5.41, 5.74) is 2.23. The average Bonchev–Trinajstić information content (AvgIpc) is 3.23. The third-order valence-electron chi connectivity index (χ3n) is 4.82. The summed E-state index contributed by atoms with van der Waals surface area (Å²) in [7, 11) is -3.97. The van der Waals surface area contributed by atoms with E-state index in [1.807, 2.05) is 23.8 Å². The molecule has 0 bridgehead atoms. The molecule has 31 heavy (non-hydrogen) atoms. The minimum Gasteiger partial charge on any atom is -0.379 e. The van der Waals surface area contributed by atoms with Crippen molar-refractivity contribution in [2.75, 3.05) is 16.6 Å². The maximum atomic E-state index is 12.8. The summed E-state index contributed by atoms with van der Waals surface area (Å²) in [4.78, 5) is 14.8. The Kier molecular flexibility index (Phi) is 6.91. The fourth-order valence-corrected chi connectivity index (χ4v) is 4.32. The maximum absolute atomic E-state index is 12.8. The third kappa shape index (κ3) is 5.82. The van der Waals surface area contributed by atoms with E-state index in [2.05, 4.69) is 15.0 Å². The average molecular weight is 444 g/mol. The second-order valence-corrected chi connectivity index (χ2v) is 8.98. The van der Waals surface area contributed by atoms with Crippen molar-refractivity contribution in [3.05, 3.63) is 76.4 Å². The normalized spacial score (nSPS) is 11.3. The Morgan fingerprint density at radius 3 is 2.55 bits per heavy atom. The highest BCUT2D eigenvalue weighted by Crippen LogP contribution is 2.29. The standard InChI is InChI=1S/C21H25N5O4S/c1-16-5-7-19(17(2)13-16)24-31(29,30)18-6-8-20(21(14-18)26(27)28)23-9-3-4-11-25-12-10-22-15-25/h5-8,10,12-15,23-24H,3-4,9,11H2,1-2H3. The molecule has 2 N–H and O–H groups in total. The van der Waals surface area contributed by atoms with Crippen molar-refractivity contribution in [1.29, 1.82) is 0 Å². The molecule has 0 saturated carbocycles. The molecule has 0 aliphatic rings. The van der Waals surface area contributed by atoms with Gasteiger partial charge in [-0.2, -0.15) is 0 Å². The molecule has 9 nitrogen and oxygen atoms in total. The van der Waals surface area contributed by atoms with Crippen LogP contribution in [0.2, 0.25) is 0 Å². The zero-order valence-corrected chi connectivity index (χ0v) is 18.2. The highest BCUT2D eigenvalue weighted by atomic mass is 32.2. The number of imidazole rings is 1. The Labute approximate surface area is 181 Å². The van der Waals surface area contributed by atoms with E-state index in [-0.39, 0.29) is 16.3 Å². The van der Waals surface area contributed by atoms with Gasteiger partial charge in [-0.3, -0.25) is 14.8 Å². The monoisotopic (exact) mass is 443 g/mol. The number of nitrogens with zero attached hydrogens (tertiary/aromatic N) is 3. The molecule has 0 unspecified atom stereocenters. The van der Waals surface area contributed by atoms with Gasteiger partial charge in [-0.25, -0.2) is 13.4 Å². The van der Waals surface area contributed by atoms with E-state index >= 15 is 0 Å². The maximum Gasteiger partial charge on any atom is 0.293 e. The Hall–Kier alpha value is -3.40. The zero-order chi connectivity index (χ0) is 22.4. The number of nitro groups is 1. The first-order valence-electron chi connectivity index (χ1n) is 9.84. The van der Waals surface area contributed by atoms with Crippen LogP contribution in [0.25, 0.3) is 0 Å². The molecule has 0 atom stereocenters. The number of nitrogens with one attached hydrogen (secondary N) is 2. The Morgan fingerprint density at radius 2 is 1.87 bits per heavy atom. The molecule has 0 saturated heterocycles. The van der Waals surface area contributed by atoms with E-state index in [4.69, 9.17) is 0 Å². The van der Waals surface area contributed by atoms with Crippen molar-refractivity contribution >= 4 is 27.1 Å². The molecule has 1 aromatic heterocycles. The molecule has 1 heterocycles. The van der Waals surface area contributed by atoms with Crippen LogP contribution in [-0.4, -0.2) is 29.4 Å². The molecule has 3 aromatic rings. The number of sulfonamides is 1. The summed E-state index contributed by atoms with van der Waals surface area (Å²) in [6.45, 7) is 5.05. The van der Waals surface area contributed by atoms with E-state index in [0.717, 1.165) is 36.6 Å². The third-order valence-corrected chi connectivity index (χ3v) is 6.18. The lowest BCUT2D eigenvalue weighted by molar-refractivity contribution is -0.384. The number of anilines is 2. The van der Waals surface area contributed by atoms with E-state index in [1.54, 1.807) is 31.6 Å². The minimum atomic E-state index is -3.97. The van der Waals surface area contributed by atoms with Crippen molar-refractivity contribution in [1.82, 2.24) is 9.55 Å². The first-order valence-corrected chi connectivity index (χ1v) is 11.3. The van der Waals surface area contributed by atoms with Crippen LogP contribution in [0.5, 0.6) is 0 Å². The summed E-state index contributed by atoms with van der Waals surface area (Å²) in [6.07, 6.45) is 7.01. The van der Waals surface area contributed by atoms with Crippen LogP contribution >= 0.6 is 0 Å². The van der Waals surface area contributed by atoms with Crippen LogP contribution in [0, 0.1) is 24.0 Å². The van der Waals surface area contributed by atoms with Gasteiger partial charge in [0.2, 0.25) is 0 Å². The summed E-state index contributed by atoms with van der Waals surface area (Å²) >= 11 is 0. The molecule has 164 valence electrons. The molecule has 10 heteroatoms. The van der Waals surface area contributed by atoms with Crippen molar-refractivity contribution < 1.29 is 13.3 Å². The predicted octanol–water partition coefficient (Wildman–Crippen LogP) is 4.10. The second-order valence-electron chi connectivity index (χ2n) is 7.29. The lowest BCUT2D eigenvalue weighted by Crippen LogP contribution is -2.14. The van der Waals surface area contributed by atoms with Gasteiger partial charge < -0.3 is 9.88 Å². The molecule has 0 fully saturated rings. The fraction of sp³-hybridized carbons (Fsp3) is 0.286. The lowest BCUT2D eigenvalue weighted by Gasteiger charge is -2.12. The highest BCUT2D eigenvalue weighted by molar-refractivity contribution is 7.92. The van der Waals surface area contributed by atoms with Gasteiger partial charge in [-0.05, 0) is 50.5 Å². The minimum absolute atomic E-state index is 0.162. The first-order chi connectivity index (χ1) is 14.8. The number of aryl methyl sites for hydroxylation is 3. The second kappa shape index (κ2) is 9.61. The van der Waals surface area contributed by atoms with Crippen LogP contribution < -0.4 is 10.0 Å². The fourth-order valence-electron chi connectivity index (χ4n) is 3.17. The SMILES string of the molecule is Cc1ccc(NS(=O)(=O)c2ccc(NCCCCn3ccnc3)c([N+](=O)[O-])c2)c(C)c1. The van der Waals surface area contributed by atoms with E-state index < -0.39 is 14.9 Å². The largest absolute Gasteiger partial charge is 0.379 e. The van der Waals surface area contributed by atoms with Crippen LogP contribution in [0.1, 0.15) is 24.0 Å². The van der Waals surface area contributed by atoms with Crippen LogP contribution in [-0.2, 0) is 16.6 Å². The van der Waals surface area contributed by atoms with Gasteiger partial charge in [0, 0.05) is 31.5 Å². The zero-order valence-electron chi connectivity index (χ0n) is 17.4. The summed E-state index contributed by atoms with van der Waals surface area (Å²) in [5.74, 6) is 0. The molecular formula is C21H25N5O4S. The molecule has 0 radical (unpaired) electrons. The lowest BCUT2D eigenvalue weighted by atomic mass is 10.1. The van der Waals surface area contributed by atoms with Crippen molar-refractivity contribution in [2.45, 2.75) is 38.1 Å². The number of aromatic nitrogens is 2. The van der Waals surface area contributed by atoms with Crippen molar-refractivity contribution in [3.63, 3.8) is 0 Å². The number of nitro benzene ring substituents is 1. The highest BCUT2D eigenvalue weighted by Gasteiger charge is 2.22. The smallest absolute Gasteiger partial charge is 0.293 e. The van der Waals surface area contributed by atoms with Crippen LogP contribution in [0.3, 0.4) is 0 Å². The Bertz CT molecular complexity index is 1160. The molecule has 2 aromatic carbocycles. The van der Waals surface area contributed by atoms with Crippen LogP contribution in [0.15, 0.2) is 60.0 Å². The van der Waals surface area contributed by atoms with E-state index in [9.17, 15) is 18.5 Å². The quantitative estimate of drug-likeness (QED) is 0.277. The predicted molar refractivity (Wildman–Crippen MR) is 120 cm³/mol. The number of rotatable bonds is 10. The Balaban J connectivity index is 1.69. The Morgan fingerprint density at radius 1 is 1.10 bits per heavy atom. The van der Waals surface area contributed by atoms with Gasteiger partial charge in [-0.15, -0.1) is 0 Å². The summed E-state index contributed by atoms with van der Waals surface area (Å²) in [6, 6.07) is 9.22. The van der Waals surface area contributed by atoms with Crippen molar-refractivity contribution in [2.24, 2.45) is 0 Å². The number of unbranched alkanes of at least 4 members (excludes halogenated alkanes) is 1. The molecule has 3 rings (SSSR count). The topological polar surface area (TPSA) is 119 Å². The van der Waals surface area contributed by atoms with E-state index in [0.29, 0.717) is 12.2 Å². The molecule has 0 aliphatic carbocycles. The van der Waals surface area contributed by atoms with E-state index in [1.165, 1.54) is 12.1 Å². The van der Waals surface area contributed by atoms with Gasteiger partial charge in [0.25, 0.3) is 15.7 Å². The summed E-state index contributed by atoms with van der Waals surface area (Å²) in [5, 5.41) is 14.6. The number of hydrogen-bond donors (Lipinski definition) is 2. The summed E-state index contributed by atoms with van der Waals surface area (Å²) < 4.78 is 30.0. The molecular weight excluding hydrogens is 418 g/mol. The van der Waals surface area contributed by atoms with Gasteiger partial charge in [0.1, 0.15) is 5.69 Å². The van der Waals surface area contributed by atoms with Gasteiger partial charge in [0.05, 0.1) is 21.8 Å². The van der Waals surface area contributed by atoms with Crippen molar-refractivity contribution in [3.8, 4) is 0 Å².